The van der Waals surface area contributed by atoms with Gasteiger partial charge in [0, 0.05) is 17.2 Å². The van der Waals surface area contributed by atoms with E-state index in [1.807, 2.05) is 0 Å². The van der Waals surface area contributed by atoms with Gasteiger partial charge in [-0.05, 0) is 42.8 Å². The Kier molecular flexibility index (Phi) is 5.50. The largest absolute Gasteiger partial charge is 0.417 e. The van der Waals surface area contributed by atoms with E-state index in [0.717, 1.165) is 6.07 Å². The highest BCUT2D eigenvalue weighted by atomic mass is 79.9. The molecule has 0 aliphatic rings. The van der Waals surface area contributed by atoms with Gasteiger partial charge in [0.15, 0.2) is 5.82 Å². The van der Waals surface area contributed by atoms with E-state index in [-0.39, 0.29) is 17.9 Å². The Balaban J connectivity index is 1.75. The standard InChI is InChI=1S/C18H13BrF4N4O/c1-10-15(17(28)25-7-11-4-13(19)6-14(20)5-11)9-26-27(10)16-3-2-12(8-24-16)18(21,22)23/h2-6,8-9H,7H2,1H3,(H,25,28). The third kappa shape index (κ3) is 4.38. The molecule has 28 heavy (non-hydrogen) atoms. The van der Waals surface area contributed by atoms with E-state index in [0.29, 0.717) is 21.9 Å². The van der Waals surface area contributed by atoms with Crippen LogP contribution in [0.25, 0.3) is 5.82 Å². The van der Waals surface area contributed by atoms with Crippen molar-refractivity contribution in [2.24, 2.45) is 0 Å². The normalized spacial score (nSPS) is 11.5. The van der Waals surface area contributed by atoms with Gasteiger partial charge in [-0.1, -0.05) is 15.9 Å². The van der Waals surface area contributed by atoms with Gasteiger partial charge in [-0.15, -0.1) is 0 Å². The van der Waals surface area contributed by atoms with Crippen molar-refractivity contribution >= 4 is 21.8 Å². The van der Waals surface area contributed by atoms with E-state index < -0.39 is 23.5 Å². The number of pyridine rings is 1. The van der Waals surface area contributed by atoms with Crippen molar-refractivity contribution in [1.29, 1.82) is 0 Å². The van der Waals surface area contributed by atoms with Crippen molar-refractivity contribution in [2.75, 3.05) is 0 Å². The maximum Gasteiger partial charge on any atom is 0.417 e. The first-order valence-corrected chi connectivity index (χ1v) is 8.76. The number of hydrogen-bond donors (Lipinski definition) is 1. The molecule has 0 saturated carbocycles. The minimum absolute atomic E-state index is 0.0956. The summed E-state index contributed by atoms with van der Waals surface area (Å²) in [5.74, 6) is -0.731. The number of benzene rings is 1. The van der Waals surface area contributed by atoms with Crippen LogP contribution in [0.3, 0.4) is 0 Å². The molecule has 0 atom stereocenters. The fourth-order valence-electron chi connectivity index (χ4n) is 2.53. The van der Waals surface area contributed by atoms with Crippen LogP contribution in [0.15, 0.2) is 47.2 Å². The molecule has 2 heterocycles. The molecule has 0 spiro atoms. The molecule has 10 heteroatoms. The smallest absolute Gasteiger partial charge is 0.348 e. The zero-order valence-corrected chi connectivity index (χ0v) is 16.0. The monoisotopic (exact) mass is 456 g/mol. The van der Waals surface area contributed by atoms with Crippen LogP contribution in [0.1, 0.15) is 27.2 Å². The molecule has 1 amide bonds. The van der Waals surface area contributed by atoms with Crippen molar-refractivity contribution in [2.45, 2.75) is 19.6 Å². The summed E-state index contributed by atoms with van der Waals surface area (Å²) in [6.45, 7) is 1.69. The fraction of sp³-hybridized carbons (Fsp3) is 0.167. The first-order chi connectivity index (χ1) is 13.1. The Morgan fingerprint density at radius 1 is 1.21 bits per heavy atom. The number of aromatic nitrogens is 3. The van der Waals surface area contributed by atoms with Crippen LogP contribution in [0.2, 0.25) is 0 Å². The SMILES string of the molecule is Cc1c(C(=O)NCc2cc(F)cc(Br)c2)cnn1-c1ccc(C(F)(F)F)cn1. The second-order valence-corrected chi connectivity index (χ2v) is 6.83. The molecule has 2 aromatic heterocycles. The minimum Gasteiger partial charge on any atom is -0.348 e. The summed E-state index contributed by atoms with van der Waals surface area (Å²) in [7, 11) is 0. The lowest BCUT2D eigenvalue weighted by molar-refractivity contribution is -0.137. The Bertz CT molecular complexity index is 995. The van der Waals surface area contributed by atoms with Crippen molar-refractivity contribution in [3.8, 4) is 5.82 Å². The summed E-state index contributed by atoms with van der Waals surface area (Å²) in [5.41, 5.74) is 0.331. The Morgan fingerprint density at radius 3 is 2.57 bits per heavy atom. The van der Waals surface area contributed by atoms with Gasteiger partial charge in [0.25, 0.3) is 5.91 Å². The Morgan fingerprint density at radius 2 is 1.96 bits per heavy atom. The molecule has 0 aliphatic heterocycles. The predicted octanol–water partition coefficient (Wildman–Crippen LogP) is 4.43. The number of nitrogens with one attached hydrogen (secondary N) is 1. The predicted molar refractivity (Wildman–Crippen MR) is 96.4 cm³/mol. The van der Waals surface area contributed by atoms with Crippen molar-refractivity contribution in [3.63, 3.8) is 0 Å². The molecule has 0 unspecified atom stereocenters. The van der Waals surface area contributed by atoms with E-state index in [9.17, 15) is 22.4 Å². The molecule has 3 rings (SSSR count). The van der Waals surface area contributed by atoms with Gasteiger partial charge >= 0.3 is 6.18 Å². The number of carbonyl (C=O) groups excluding carboxylic acids is 1. The molecule has 1 N–H and O–H groups in total. The summed E-state index contributed by atoms with van der Waals surface area (Å²) < 4.78 is 53.2. The van der Waals surface area contributed by atoms with Crippen LogP contribution in [-0.2, 0) is 12.7 Å². The second-order valence-electron chi connectivity index (χ2n) is 5.92. The first-order valence-electron chi connectivity index (χ1n) is 7.96. The number of nitrogens with zero attached hydrogens (tertiary/aromatic N) is 3. The summed E-state index contributed by atoms with van der Waals surface area (Å²) in [4.78, 5) is 16.2. The first kappa shape index (κ1) is 20.0. The molecule has 1 aromatic carbocycles. The van der Waals surface area contributed by atoms with Gasteiger partial charge in [-0.25, -0.2) is 14.1 Å². The highest BCUT2D eigenvalue weighted by Crippen LogP contribution is 2.28. The fourth-order valence-corrected chi connectivity index (χ4v) is 3.05. The molecule has 0 fully saturated rings. The van der Waals surface area contributed by atoms with Crippen LogP contribution in [-0.4, -0.2) is 20.7 Å². The number of amides is 1. The topological polar surface area (TPSA) is 59.8 Å². The van der Waals surface area contributed by atoms with Gasteiger partial charge in [0.1, 0.15) is 5.82 Å². The number of alkyl halides is 3. The van der Waals surface area contributed by atoms with Gasteiger partial charge in [-0.2, -0.15) is 18.3 Å². The van der Waals surface area contributed by atoms with Crippen LogP contribution < -0.4 is 5.32 Å². The van der Waals surface area contributed by atoms with Gasteiger partial charge in [0.05, 0.1) is 23.0 Å². The molecular formula is C18H13BrF4N4O. The zero-order chi connectivity index (χ0) is 20.5. The van der Waals surface area contributed by atoms with Crippen molar-refractivity contribution in [3.05, 3.63) is 75.4 Å². The highest BCUT2D eigenvalue weighted by molar-refractivity contribution is 9.10. The summed E-state index contributed by atoms with van der Waals surface area (Å²) >= 11 is 3.18. The van der Waals surface area contributed by atoms with E-state index in [1.165, 1.54) is 29.1 Å². The van der Waals surface area contributed by atoms with Gasteiger partial charge < -0.3 is 5.32 Å². The average molecular weight is 457 g/mol. The lowest BCUT2D eigenvalue weighted by atomic mass is 10.2. The van der Waals surface area contributed by atoms with E-state index in [4.69, 9.17) is 0 Å². The second kappa shape index (κ2) is 7.70. The molecule has 5 nitrogen and oxygen atoms in total. The van der Waals surface area contributed by atoms with Crippen LogP contribution in [0.4, 0.5) is 17.6 Å². The average Bonchev–Trinajstić information content (AvgIpc) is 3.00. The lowest BCUT2D eigenvalue weighted by Gasteiger charge is -2.09. The van der Waals surface area contributed by atoms with Crippen molar-refractivity contribution < 1.29 is 22.4 Å². The van der Waals surface area contributed by atoms with Gasteiger partial charge in [-0.3, -0.25) is 4.79 Å². The number of carbonyl (C=O) groups is 1. The Hall–Kier alpha value is -2.75. The van der Waals surface area contributed by atoms with Crippen LogP contribution in [0, 0.1) is 12.7 Å². The van der Waals surface area contributed by atoms with Crippen LogP contribution >= 0.6 is 15.9 Å². The molecule has 0 radical (unpaired) electrons. The maximum atomic E-state index is 13.4. The summed E-state index contributed by atoms with van der Waals surface area (Å²) in [6, 6.07) is 6.34. The van der Waals surface area contributed by atoms with E-state index in [2.05, 4.69) is 31.3 Å². The Labute approximate surface area is 165 Å². The summed E-state index contributed by atoms with van der Waals surface area (Å²) in [5, 5.41) is 6.68. The molecule has 0 bridgehead atoms. The van der Waals surface area contributed by atoms with Crippen LogP contribution in [0.5, 0.6) is 0 Å². The zero-order valence-electron chi connectivity index (χ0n) is 14.4. The lowest BCUT2D eigenvalue weighted by Crippen LogP contribution is -2.23. The quantitative estimate of drug-likeness (QED) is 0.590. The number of rotatable bonds is 4. The maximum absolute atomic E-state index is 13.4. The number of hydrogen-bond acceptors (Lipinski definition) is 3. The minimum atomic E-state index is -4.48. The molecular weight excluding hydrogens is 444 g/mol. The van der Waals surface area contributed by atoms with E-state index >= 15 is 0 Å². The molecule has 0 saturated heterocycles. The highest BCUT2D eigenvalue weighted by Gasteiger charge is 2.30. The third-order valence-electron chi connectivity index (χ3n) is 3.92. The molecule has 0 aliphatic carbocycles. The van der Waals surface area contributed by atoms with Gasteiger partial charge in [0.2, 0.25) is 0 Å². The summed E-state index contributed by atoms with van der Waals surface area (Å²) in [6.07, 6.45) is -2.48. The number of halogens is 5. The molecule has 3 aromatic rings. The third-order valence-corrected chi connectivity index (χ3v) is 4.38. The molecule has 146 valence electrons. The van der Waals surface area contributed by atoms with Crippen molar-refractivity contribution in [1.82, 2.24) is 20.1 Å². The van der Waals surface area contributed by atoms with E-state index in [1.54, 1.807) is 13.0 Å².